The highest BCUT2D eigenvalue weighted by Crippen LogP contribution is 2.37. The van der Waals surface area contributed by atoms with E-state index in [0.717, 1.165) is 58.4 Å². The average Bonchev–Trinajstić information content (AvgIpc) is 2.92. The van der Waals surface area contributed by atoms with Gasteiger partial charge in [0.25, 0.3) is 0 Å². The molecule has 4 aromatic carbocycles. The van der Waals surface area contributed by atoms with Crippen molar-refractivity contribution >= 4 is 33.5 Å². The summed E-state index contributed by atoms with van der Waals surface area (Å²) >= 11 is 0. The van der Waals surface area contributed by atoms with E-state index in [1.54, 1.807) is 0 Å². The molecular weight excluding hydrogens is 572 g/mol. The van der Waals surface area contributed by atoms with Gasteiger partial charge >= 0.3 is 11.9 Å². The van der Waals surface area contributed by atoms with Crippen LogP contribution in [-0.2, 0) is 9.47 Å². The van der Waals surface area contributed by atoms with E-state index < -0.39 is 0 Å². The predicted molar refractivity (Wildman–Crippen MR) is 186 cm³/mol. The summed E-state index contributed by atoms with van der Waals surface area (Å²) < 4.78 is 12.2. The van der Waals surface area contributed by atoms with Crippen LogP contribution in [0.3, 0.4) is 0 Å². The number of hydrogen-bond donors (Lipinski definition) is 2. The van der Waals surface area contributed by atoms with Crippen LogP contribution in [0.15, 0.2) is 72.8 Å². The zero-order chi connectivity index (χ0) is 33.1. The Hall–Kier alpha value is -3.74. The molecule has 0 atom stereocenters. The number of carbonyl (C=O) groups is 2. The summed E-state index contributed by atoms with van der Waals surface area (Å²) in [5.41, 5.74) is 2.72. The number of fused-ring (bicyclic) bond motifs is 2. The second-order valence-corrected chi connectivity index (χ2v) is 16.1. The molecule has 0 aliphatic carbocycles. The molecule has 4 aromatic rings. The second-order valence-electron chi connectivity index (χ2n) is 16.1. The van der Waals surface area contributed by atoms with Gasteiger partial charge in [-0.2, -0.15) is 0 Å². The number of rotatable bonds is 5. The Bertz CT molecular complexity index is 1790. The quantitative estimate of drug-likeness (QED) is 0.218. The molecule has 6 heteroatoms. The van der Waals surface area contributed by atoms with Gasteiger partial charge in [0.2, 0.25) is 0 Å². The van der Waals surface area contributed by atoms with Crippen molar-refractivity contribution in [1.29, 1.82) is 0 Å². The van der Waals surface area contributed by atoms with Crippen LogP contribution in [0.25, 0.3) is 32.7 Å². The van der Waals surface area contributed by atoms with Crippen LogP contribution in [0.1, 0.15) is 102 Å². The third-order valence-corrected chi connectivity index (χ3v) is 9.40. The van der Waals surface area contributed by atoms with Crippen molar-refractivity contribution in [1.82, 2.24) is 10.6 Å². The summed E-state index contributed by atoms with van der Waals surface area (Å²) in [5.74, 6) is -0.581. The van der Waals surface area contributed by atoms with Gasteiger partial charge in [-0.3, -0.25) is 0 Å². The summed E-state index contributed by atoms with van der Waals surface area (Å²) in [6, 6.07) is 23.9. The van der Waals surface area contributed by atoms with Crippen LogP contribution in [0.5, 0.6) is 0 Å². The first kappa shape index (κ1) is 32.2. The fraction of sp³-hybridized carbons (Fsp3) is 0.450. The minimum Gasteiger partial charge on any atom is -0.459 e. The molecule has 2 saturated heterocycles. The number of ether oxygens (including phenoxy) is 2. The smallest absolute Gasteiger partial charge is 0.339 e. The Labute approximate surface area is 273 Å². The molecule has 46 heavy (non-hydrogen) atoms. The lowest BCUT2D eigenvalue weighted by Gasteiger charge is -2.45. The summed E-state index contributed by atoms with van der Waals surface area (Å²) in [4.78, 5) is 27.0. The van der Waals surface area contributed by atoms with E-state index in [9.17, 15) is 9.59 Å². The lowest BCUT2D eigenvalue weighted by Crippen LogP contribution is -2.59. The first-order chi connectivity index (χ1) is 21.5. The third kappa shape index (κ3) is 6.84. The van der Waals surface area contributed by atoms with Gasteiger partial charge in [0, 0.05) is 47.8 Å². The fourth-order valence-electron chi connectivity index (χ4n) is 8.42. The van der Waals surface area contributed by atoms with Gasteiger partial charge in [-0.15, -0.1) is 0 Å². The third-order valence-electron chi connectivity index (χ3n) is 9.40. The number of piperidine rings is 2. The van der Waals surface area contributed by atoms with E-state index >= 15 is 0 Å². The minimum atomic E-state index is -0.292. The molecule has 0 saturated carbocycles. The average molecular weight is 621 g/mol. The minimum absolute atomic E-state index is 0.110. The maximum absolute atomic E-state index is 13.6. The van der Waals surface area contributed by atoms with Gasteiger partial charge in [-0.1, -0.05) is 54.6 Å². The summed E-state index contributed by atoms with van der Waals surface area (Å²) in [6.07, 6.45) is 2.75. The number of carbonyl (C=O) groups excluding carboxylic acids is 2. The number of hydrogen-bond acceptors (Lipinski definition) is 6. The molecule has 242 valence electrons. The molecule has 0 amide bonds. The highest BCUT2D eigenvalue weighted by molar-refractivity contribution is 6.12. The molecule has 6 nitrogen and oxygen atoms in total. The van der Waals surface area contributed by atoms with Crippen molar-refractivity contribution in [3.05, 3.63) is 83.9 Å². The molecule has 6 rings (SSSR count). The zero-order valence-corrected chi connectivity index (χ0v) is 28.5. The Balaban J connectivity index is 1.28. The number of esters is 2. The molecule has 2 N–H and O–H groups in total. The molecule has 2 aliphatic heterocycles. The van der Waals surface area contributed by atoms with E-state index in [0.29, 0.717) is 11.1 Å². The van der Waals surface area contributed by atoms with Crippen LogP contribution >= 0.6 is 0 Å². The Morgan fingerprint density at radius 2 is 1.09 bits per heavy atom. The molecule has 0 aromatic heterocycles. The second kappa shape index (κ2) is 11.5. The first-order valence-electron chi connectivity index (χ1n) is 16.6. The Kier molecular flexibility index (Phi) is 8.05. The van der Waals surface area contributed by atoms with Crippen LogP contribution in [0.4, 0.5) is 0 Å². The van der Waals surface area contributed by atoms with Crippen LogP contribution in [0, 0.1) is 0 Å². The topological polar surface area (TPSA) is 76.7 Å². The Morgan fingerprint density at radius 1 is 0.565 bits per heavy atom. The van der Waals surface area contributed by atoms with E-state index in [1.165, 1.54) is 0 Å². The largest absolute Gasteiger partial charge is 0.459 e. The maximum atomic E-state index is 13.6. The molecule has 0 bridgehead atoms. The summed E-state index contributed by atoms with van der Waals surface area (Å²) in [7, 11) is 0. The molecule has 0 spiro atoms. The monoisotopic (exact) mass is 620 g/mol. The van der Waals surface area contributed by atoms with Gasteiger partial charge in [0.1, 0.15) is 12.2 Å². The Morgan fingerprint density at radius 3 is 1.67 bits per heavy atom. The normalized spacial score (nSPS) is 20.8. The van der Waals surface area contributed by atoms with Gasteiger partial charge in [0.05, 0.1) is 11.1 Å². The molecule has 0 radical (unpaired) electrons. The van der Waals surface area contributed by atoms with Crippen LogP contribution in [0.2, 0.25) is 0 Å². The molecule has 2 aliphatic rings. The van der Waals surface area contributed by atoms with Crippen molar-refractivity contribution in [2.75, 3.05) is 0 Å². The molecule has 2 fully saturated rings. The van der Waals surface area contributed by atoms with Crippen LogP contribution in [-0.4, -0.2) is 46.3 Å². The highest BCUT2D eigenvalue weighted by atomic mass is 16.5. The van der Waals surface area contributed by atoms with E-state index in [1.807, 2.05) is 60.7 Å². The van der Waals surface area contributed by atoms with Crippen molar-refractivity contribution < 1.29 is 19.1 Å². The lowest BCUT2D eigenvalue weighted by atomic mass is 9.81. The summed E-state index contributed by atoms with van der Waals surface area (Å²) in [5, 5.41) is 11.1. The van der Waals surface area contributed by atoms with E-state index in [-0.39, 0.29) is 46.3 Å². The molecule has 0 unspecified atom stereocenters. The van der Waals surface area contributed by atoms with Crippen molar-refractivity contribution in [3.8, 4) is 11.1 Å². The summed E-state index contributed by atoms with van der Waals surface area (Å²) in [6.45, 7) is 17.2. The fourth-order valence-corrected chi connectivity index (χ4v) is 8.42. The van der Waals surface area contributed by atoms with Gasteiger partial charge in [-0.25, -0.2) is 9.59 Å². The molecule has 2 heterocycles. The van der Waals surface area contributed by atoms with Crippen molar-refractivity contribution in [2.45, 2.75) is 115 Å². The predicted octanol–water partition coefficient (Wildman–Crippen LogP) is 8.59. The van der Waals surface area contributed by atoms with E-state index in [4.69, 9.17) is 9.47 Å². The standard InChI is InChI=1S/C40H48N2O4/c1-37(2)21-27(22-38(3,4)41-37)45-35(43)26-16-17-29-25(20-26)12-11-15-30(29)33-18-19-34(32-14-10-9-13-31(32)33)36(44)46-28-23-39(5,6)42-40(7,8)24-28/h9-20,27-28,41-42H,21-24H2,1-8H3. The highest BCUT2D eigenvalue weighted by Gasteiger charge is 2.40. The van der Waals surface area contributed by atoms with Crippen molar-refractivity contribution in [2.24, 2.45) is 0 Å². The first-order valence-corrected chi connectivity index (χ1v) is 16.6. The zero-order valence-electron chi connectivity index (χ0n) is 28.5. The SMILES string of the molecule is CC1(C)CC(OC(=O)c2ccc3c(-c4ccc(C(=O)OC5CC(C)(C)NC(C)(C)C5)c5ccccc45)cccc3c2)CC(C)(C)N1. The van der Waals surface area contributed by atoms with Crippen molar-refractivity contribution in [3.63, 3.8) is 0 Å². The number of benzene rings is 4. The van der Waals surface area contributed by atoms with Gasteiger partial charge < -0.3 is 20.1 Å². The maximum Gasteiger partial charge on any atom is 0.339 e. The number of nitrogens with one attached hydrogen (secondary N) is 2. The molecular formula is C40H48N2O4. The van der Waals surface area contributed by atoms with Gasteiger partial charge in [-0.05, 0) is 106 Å². The van der Waals surface area contributed by atoms with Gasteiger partial charge in [0.15, 0.2) is 0 Å². The van der Waals surface area contributed by atoms with Crippen LogP contribution < -0.4 is 10.6 Å². The van der Waals surface area contributed by atoms with E-state index in [2.05, 4.69) is 78.2 Å². The lowest BCUT2D eigenvalue weighted by molar-refractivity contribution is -0.00756.